The fraction of sp³-hybridized carbons (Fsp3) is 0. The molecule has 0 saturated carbocycles. The molecule has 0 bridgehead atoms. The maximum Gasteiger partial charge on any atom is 0.270 e. The first-order valence-corrected chi connectivity index (χ1v) is 45.4. The van der Waals surface area contributed by atoms with Gasteiger partial charge in [0, 0.05) is 106 Å². The lowest BCUT2D eigenvalue weighted by atomic mass is 9.90. The minimum Gasteiger partial charge on any atom is -0.361 e. The van der Waals surface area contributed by atoms with E-state index in [2.05, 4.69) is 260 Å². The summed E-state index contributed by atoms with van der Waals surface area (Å²) in [4.78, 5) is 50.6. The molecule has 0 aliphatic heterocycles. The summed E-state index contributed by atoms with van der Waals surface area (Å²) in [5.74, 6) is 0.353. The summed E-state index contributed by atoms with van der Waals surface area (Å²) in [6, 6.07) is 139. The van der Waals surface area contributed by atoms with Gasteiger partial charge in [0.1, 0.15) is 35.7 Å². The van der Waals surface area contributed by atoms with Crippen LogP contribution >= 0.6 is 0 Å². The van der Waals surface area contributed by atoms with E-state index in [4.69, 9.17) is 19.7 Å². The third kappa shape index (κ3) is 20.8. The molecule has 9 aromatic heterocycles. The minimum atomic E-state index is 0.353. The van der Waals surface area contributed by atoms with Crippen LogP contribution in [0.5, 0.6) is 0 Å². The van der Waals surface area contributed by atoms with Crippen molar-refractivity contribution in [3.8, 4) is 237 Å². The van der Waals surface area contributed by atoms with Crippen molar-refractivity contribution in [2.75, 3.05) is 0 Å². The Bertz CT molecular complexity index is 8120. The Hall–Kier alpha value is -21.6. The first-order valence-electron chi connectivity index (χ1n) is 45.4. The van der Waals surface area contributed by atoms with Gasteiger partial charge in [-0.05, 0) is 311 Å². The molecular weight excluding hydrogens is 1770 g/mol. The maximum absolute atomic E-state index is 9.75. The second-order valence-corrected chi connectivity index (χ2v) is 33.3. The molecule has 21 aromatic rings. The molecule has 0 saturated heterocycles. The quantitative estimate of drug-likeness (QED) is 0.0722. The number of pyridine rings is 9. The molecule has 0 atom stereocenters. The van der Waals surface area contributed by atoms with E-state index < -0.39 is 0 Å². The summed E-state index contributed by atoms with van der Waals surface area (Å²) in [6.45, 7) is 22.3. The van der Waals surface area contributed by atoms with Gasteiger partial charge in [-0.15, -0.1) is 4.98 Å². The molecular formula is C126H72N18. The number of aromatic nitrogens is 9. The molecule has 21 rings (SSSR count). The number of nitriles is 6. The van der Waals surface area contributed by atoms with Crippen LogP contribution in [0.3, 0.4) is 0 Å². The van der Waals surface area contributed by atoms with E-state index >= 15 is 0 Å². The highest BCUT2D eigenvalue weighted by atomic mass is 14.9. The van der Waals surface area contributed by atoms with Crippen molar-refractivity contribution in [1.82, 2.24) is 44.9 Å². The lowest BCUT2D eigenvalue weighted by Crippen LogP contribution is -1.91. The molecule has 18 heteroatoms. The van der Waals surface area contributed by atoms with Gasteiger partial charge in [0.05, 0.1) is 76.0 Å². The lowest BCUT2D eigenvalue weighted by Gasteiger charge is -2.14. The Kier molecular flexibility index (Phi) is 27.0. The van der Waals surface area contributed by atoms with Gasteiger partial charge in [-0.1, -0.05) is 195 Å². The van der Waals surface area contributed by atoms with Crippen molar-refractivity contribution in [2.24, 2.45) is 0 Å². The maximum atomic E-state index is 9.75. The SMILES string of the molecule is [C-]#[N+]c1ccc(-c2cccc(-c3cc(-c4cccc(-c5ccc(C#N)cn5)c4)cc(-c4cccc(-c5ccc(C#N)cn5)c4)c3)c2)nc1.[C-]#[N+]c1cccc(-c2cccc(-c3cc(-c4cccc(-c5cccc(C#N)n5)c4)cc(-c4cccc(-c5cccc(C#N)n5)c4)c3)c2)n1.[C-]#[N+]c1ccncc1-c1cccc(-c2cc(-c3cccc(-c4cnccc4C#N)c3)cc(-c3cccc(-c4cnccc4C#N)c3)c2)c1. The predicted molar refractivity (Wildman–Crippen MR) is 564 cm³/mol. The van der Waals surface area contributed by atoms with Crippen LogP contribution in [0, 0.1) is 87.7 Å². The van der Waals surface area contributed by atoms with Crippen LogP contribution < -0.4 is 0 Å². The predicted octanol–water partition coefficient (Wildman–Crippen LogP) is 30.5. The zero-order valence-corrected chi connectivity index (χ0v) is 76.6. The van der Waals surface area contributed by atoms with Gasteiger partial charge in [-0.25, -0.2) is 19.7 Å². The van der Waals surface area contributed by atoms with Crippen molar-refractivity contribution in [1.29, 1.82) is 31.6 Å². The number of hydrogen-bond acceptors (Lipinski definition) is 15. The van der Waals surface area contributed by atoms with Crippen LogP contribution in [0.15, 0.2) is 438 Å². The van der Waals surface area contributed by atoms with E-state index in [1.54, 1.807) is 110 Å². The summed E-state index contributed by atoms with van der Waals surface area (Å²) in [5.41, 5.74) is 37.3. The smallest absolute Gasteiger partial charge is 0.270 e. The molecule has 0 aliphatic carbocycles. The molecule has 0 spiro atoms. The molecule has 0 unspecified atom stereocenters. The van der Waals surface area contributed by atoms with E-state index in [1.165, 1.54) is 0 Å². The highest BCUT2D eigenvalue weighted by Crippen LogP contribution is 2.44. The first-order chi connectivity index (χ1) is 70.8. The fourth-order valence-corrected chi connectivity index (χ4v) is 17.1. The molecule has 0 fully saturated rings. The number of benzene rings is 12. The average Bonchev–Trinajstić information content (AvgIpc) is 0.784. The zero-order chi connectivity index (χ0) is 98.6. The van der Waals surface area contributed by atoms with Crippen molar-refractivity contribution in [3.05, 3.63) is 506 Å². The number of rotatable bonds is 18. The molecule has 0 radical (unpaired) electrons. The molecule has 0 amide bonds. The summed E-state index contributed by atoms with van der Waals surface area (Å²) >= 11 is 0. The van der Waals surface area contributed by atoms with Gasteiger partial charge in [0.2, 0.25) is 5.69 Å². The van der Waals surface area contributed by atoms with E-state index in [9.17, 15) is 31.6 Å². The van der Waals surface area contributed by atoms with E-state index in [0.29, 0.717) is 50.8 Å². The topological polar surface area (TPSA) is 272 Å². The van der Waals surface area contributed by atoms with Crippen LogP contribution in [-0.2, 0) is 0 Å². The van der Waals surface area contributed by atoms with E-state index in [1.807, 2.05) is 164 Å². The monoisotopic (exact) mass is 1840 g/mol. The highest BCUT2D eigenvalue weighted by Gasteiger charge is 2.20. The average molecular weight is 1840 g/mol. The fourth-order valence-electron chi connectivity index (χ4n) is 17.1. The second kappa shape index (κ2) is 42.5. The van der Waals surface area contributed by atoms with Gasteiger partial charge >= 0.3 is 0 Å². The molecule has 18 nitrogen and oxygen atoms in total. The first kappa shape index (κ1) is 91.5. The largest absolute Gasteiger partial charge is 0.361 e. The minimum absolute atomic E-state index is 0.353. The van der Waals surface area contributed by atoms with Crippen molar-refractivity contribution in [2.45, 2.75) is 0 Å². The molecule has 0 aliphatic rings. The Morgan fingerprint density at radius 1 is 0.194 bits per heavy atom. The summed E-state index contributed by atoms with van der Waals surface area (Å²) in [7, 11) is 0. The molecule has 9 heterocycles. The van der Waals surface area contributed by atoms with E-state index in [-0.39, 0.29) is 0 Å². The zero-order valence-electron chi connectivity index (χ0n) is 76.6. The Morgan fingerprint density at radius 2 is 0.465 bits per heavy atom. The van der Waals surface area contributed by atoms with Gasteiger partial charge in [-0.3, -0.25) is 29.9 Å². The van der Waals surface area contributed by atoms with Crippen molar-refractivity contribution >= 4 is 17.2 Å². The Labute approximate surface area is 831 Å². The van der Waals surface area contributed by atoms with E-state index in [0.717, 1.165) is 201 Å². The normalized spacial score (nSPS) is 10.4. The van der Waals surface area contributed by atoms with Crippen LogP contribution in [-0.4, -0.2) is 44.9 Å². The molecule has 144 heavy (non-hydrogen) atoms. The van der Waals surface area contributed by atoms with Gasteiger partial charge in [0.15, 0.2) is 11.4 Å². The van der Waals surface area contributed by atoms with Gasteiger partial charge in [-0.2, -0.15) is 31.6 Å². The standard InChI is InChI=1S/3C42H24N6/c1-45-42-19-7-18-41(48-42)33-13-4-10-30(22-33)36-24-34(28-8-2-11-31(20-28)39-16-5-14-37(26-43)46-39)23-35(25-36)29-9-3-12-32(21-29)40-17-6-15-38(27-44)47-40;1-45-39-13-16-42(48-27-39)35-10-4-7-32(19-35)38-21-36(30-5-2-8-33(17-30)40-14-11-28(23-43)25-46-40)20-37(22-38)31-6-3-9-34(18-31)41-15-12-29(24-44)26-47-41;1-45-42-13-16-48-27-41(42)33-10-4-7-30(19-33)38-21-36(28-5-2-8-31(17-28)39-25-46-14-11-34(39)23-43)20-37(22-38)29-6-3-9-32(18-29)40-26-47-15-12-35(40)24-44/h2-25H;2*2-22,25-27H. The highest BCUT2D eigenvalue weighted by molar-refractivity contribution is 5.91. The number of nitrogens with zero attached hydrogens (tertiary/aromatic N) is 18. The van der Waals surface area contributed by atoms with Crippen molar-refractivity contribution < 1.29 is 0 Å². The number of hydrogen-bond donors (Lipinski definition) is 0. The van der Waals surface area contributed by atoms with Crippen LogP contribution in [0.25, 0.3) is 216 Å². The molecule has 0 N–H and O–H groups in total. The summed E-state index contributed by atoms with van der Waals surface area (Å²) < 4.78 is 0. The van der Waals surface area contributed by atoms with Gasteiger partial charge < -0.3 is 4.85 Å². The van der Waals surface area contributed by atoms with Crippen LogP contribution in [0.2, 0.25) is 0 Å². The summed E-state index contributed by atoms with van der Waals surface area (Å²) in [5, 5.41) is 56.7. The Balaban J connectivity index is 0.000000137. The summed E-state index contributed by atoms with van der Waals surface area (Å²) in [6.07, 6.45) is 14.8. The third-order valence-electron chi connectivity index (χ3n) is 24.3. The van der Waals surface area contributed by atoms with Gasteiger partial charge in [0.25, 0.3) is 5.82 Å². The second-order valence-electron chi connectivity index (χ2n) is 33.3. The molecule has 12 aromatic carbocycles. The van der Waals surface area contributed by atoms with Crippen LogP contribution in [0.1, 0.15) is 33.6 Å². The third-order valence-corrected chi connectivity index (χ3v) is 24.3. The lowest BCUT2D eigenvalue weighted by molar-refractivity contribution is 1.26. The van der Waals surface area contributed by atoms with Crippen LogP contribution in [0.4, 0.5) is 17.2 Å². The molecule has 666 valence electrons. The van der Waals surface area contributed by atoms with Crippen molar-refractivity contribution in [3.63, 3.8) is 0 Å². The Morgan fingerprint density at radius 3 is 0.757 bits per heavy atom.